The van der Waals surface area contributed by atoms with E-state index in [0.717, 1.165) is 18.7 Å². The highest BCUT2D eigenvalue weighted by molar-refractivity contribution is 5.94. The first-order chi connectivity index (χ1) is 8.59. The fourth-order valence-electron chi connectivity index (χ4n) is 2.14. The summed E-state index contributed by atoms with van der Waals surface area (Å²) in [6, 6.07) is 9.25. The third-order valence-corrected chi connectivity index (χ3v) is 3.22. The van der Waals surface area contributed by atoms with E-state index in [1.807, 2.05) is 37.3 Å². The summed E-state index contributed by atoms with van der Waals surface area (Å²) in [5, 5.41) is 6.23. The Morgan fingerprint density at radius 3 is 2.72 bits per heavy atom. The number of carbonyl (C=O) groups excluding carboxylic acids is 1. The van der Waals surface area contributed by atoms with Crippen LogP contribution in [0.5, 0.6) is 0 Å². The summed E-state index contributed by atoms with van der Waals surface area (Å²) in [7, 11) is 0. The maximum absolute atomic E-state index is 12.0. The lowest BCUT2D eigenvalue weighted by molar-refractivity contribution is -0.118. The average Bonchev–Trinajstić information content (AvgIpc) is 2.77. The van der Waals surface area contributed by atoms with Crippen molar-refractivity contribution in [2.45, 2.75) is 31.8 Å². The molecule has 4 heteroatoms. The van der Waals surface area contributed by atoms with Gasteiger partial charge in [-0.05, 0) is 32.4 Å². The smallest absolute Gasteiger partial charge is 0.241 e. The van der Waals surface area contributed by atoms with Crippen molar-refractivity contribution in [2.24, 2.45) is 0 Å². The van der Waals surface area contributed by atoms with Gasteiger partial charge in [0.1, 0.15) is 0 Å². The minimum atomic E-state index is -0.239. The van der Waals surface area contributed by atoms with Gasteiger partial charge in [-0.25, -0.2) is 0 Å². The molecule has 1 aromatic carbocycles. The Bertz CT molecular complexity index is 400. The molecule has 0 saturated carbocycles. The van der Waals surface area contributed by atoms with E-state index in [1.165, 1.54) is 0 Å². The quantitative estimate of drug-likeness (QED) is 0.854. The van der Waals surface area contributed by atoms with Gasteiger partial charge in [-0.1, -0.05) is 18.2 Å². The number of nitrogens with one attached hydrogen (secondary N) is 2. The molecule has 4 nitrogen and oxygen atoms in total. The molecule has 0 bridgehead atoms. The zero-order valence-electron chi connectivity index (χ0n) is 10.9. The molecule has 0 aromatic heterocycles. The van der Waals surface area contributed by atoms with Crippen molar-refractivity contribution in [1.82, 2.24) is 5.32 Å². The van der Waals surface area contributed by atoms with Crippen LogP contribution in [0, 0.1) is 0 Å². The van der Waals surface area contributed by atoms with Gasteiger partial charge < -0.3 is 10.1 Å². The second-order valence-electron chi connectivity index (χ2n) is 5.08. The van der Waals surface area contributed by atoms with Crippen molar-refractivity contribution in [1.29, 1.82) is 0 Å². The summed E-state index contributed by atoms with van der Waals surface area (Å²) in [4.78, 5) is 12.0. The largest absolute Gasteiger partial charge is 0.379 e. The molecule has 18 heavy (non-hydrogen) atoms. The summed E-state index contributed by atoms with van der Waals surface area (Å²) in [5.41, 5.74) is 0.733. The van der Waals surface area contributed by atoms with Gasteiger partial charge in [-0.3, -0.25) is 10.1 Å². The number of rotatable bonds is 4. The number of amides is 1. The summed E-state index contributed by atoms with van der Waals surface area (Å²) >= 11 is 0. The predicted octanol–water partition coefficient (Wildman–Crippen LogP) is 1.78. The second kappa shape index (κ2) is 5.50. The Labute approximate surface area is 108 Å². The number of hydrogen-bond acceptors (Lipinski definition) is 3. The van der Waals surface area contributed by atoms with Crippen LogP contribution in [0.25, 0.3) is 0 Å². The van der Waals surface area contributed by atoms with Crippen LogP contribution in [0.1, 0.15) is 20.3 Å². The summed E-state index contributed by atoms with van der Waals surface area (Å²) in [6.45, 7) is 5.39. The van der Waals surface area contributed by atoms with E-state index in [1.54, 1.807) is 0 Å². The van der Waals surface area contributed by atoms with Crippen molar-refractivity contribution in [3.8, 4) is 0 Å². The number of benzene rings is 1. The van der Waals surface area contributed by atoms with Crippen LogP contribution in [0.4, 0.5) is 5.69 Å². The van der Waals surface area contributed by atoms with Gasteiger partial charge in [0.25, 0.3) is 0 Å². The summed E-state index contributed by atoms with van der Waals surface area (Å²) in [6.07, 6.45) is 0.940. The fourth-order valence-corrected chi connectivity index (χ4v) is 2.14. The Morgan fingerprint density at radius 2 is 2.11 bits per heavy atom. The molecule has 0 radical (unpaired) electrons. The Kier molecular flexibility index (Phi) is 3.99. The first-order valence-electron chi connectivity index (χ1n) is 6.30. The number of para-hydroxylation sites is 1. The zero-order chi connectivity index (χ0) is 13.0. The maximum atomic E-state index is 12.0. The third kappa shape index (κ3) is 3.31. The van der Waals surface area contributed by atoms with Gasteiger partial charge in [-0.2, -0.15) is 0 Å². The Morgan fingerprint density at radius 1 is 1.39 bits per heavy atom. The standard InChI is InChI=1S/C14H20N2O2/c1-11(16-14(2)8-9-18-10-14)13(17)15-12-6-4-3-5-7-12/h3-7,11,16H,8-10H2,1-2H3,(H,15,17). The van der Waals surface area contributed by atoms with E-state index in [4.69, 9.17) is 4.74 Å². The molecule has 1 aromatic rings. The van der Waals surface area contributed by atoms with Gasteiger partial charge in [-0.15, -0.1) is 0 Å². The van der Waals surface area contributed by atoms with Crippen molar-refractivity contribution in [2.75, 3.05) is 18.5 Å². The zero-order valence-corrected chi connectivity index (χ0v) is 10.9. The fraction of sp³-hybridized carbons (Fsp3) is 0.500. The minimum absolute atomic E-state index is 0.0191. The number of ether oxygens (including phenoxy) is 1. The van der Waals surface area contributed by atoms with Crippen LogP contribution in [-0.2, 0) is 9.53 Å². The molecule has 1 heterocycles. The van der Waals surface area contributed by atoms with Gasteiger partial charge in [0.2, 0.25) is 5.91 Å². The van der Waals surface area contributed by atoms with E-state index in [-0.39, 0.29) is 17.5 Å². The molecule has 98 valence electrons. The molecule has 2 rings (SSSR count). The molecule has 2 atom stereocenters. The van der Waals surface area contributed by atoms with Crippen molar-refractivity contribution in [3.05, 3.63) is 30.3 Å². The molecule has 0 aliphatic carbocycles. The maximum Gasteiger partial charge on any atom is 0.241 e. The molecule has 2 unspecified atom stereocenters. The normalized spacial score (nSPS) is 24.8. The highest BCUT2D eigenvalue weighted by atomic mass is 16.5. The minimum Gasteiger partial charge on any atom is -0.379 e. The topological polar surface area (TPSA) is 50.4 Å². The first kappa shape index (κ1) is 13.1. The lowest BCUT2D eigenvalue weighted by Crippen LogP contribution is -2.51. The van der Waals surface area contributed by atoms with Crippen LogP contribution < -0.4 is 10.6 Å². The number of carbonyl (C=O) groups is 1. The van der Waals surface area contributed by atoms with Gasteiger partial charge in [0.15, 0.2) is 0 Å². The second-order valence-corrected chi connectivity index (χ2v) is 5.08. The number of hydrogen-bond donors (Lipinski definition) is 2. The molecule has 0 spiro atoms. The van der Waals surface area contributed by atoms with E-state index >= 15 is 0 Å². The van der Waals surface area contributed by atoms with E-state index in [2.05, 4.69) is 17.6 Å². The molecule has 1 amide bonds. The molecule has 1 aliphatic rings. The predicted molar refractivity (Wildman–Crippen MR) is 71.5 cm³/mol. The van der Waals surface area contributed by atoms with E-state index in [9.17, 15) is 4.79 Å². The highest BCUT2D eigenvalue weighted by Gasteiger charge is 2.32. The Hall–Kier alpha value is -1.39. The average molecular weight is 248 g/mol. The van der Waals surface area contributed by atoms with Crippen molar-refractivity contribution in [3.63, 3.8) is 0 Å². The SMILES string of the molecule is CC(NC1(C)CCOC1)C(=O)Nc1ccccc1. The molecular weight excluding hydrogens is 228 g/mol. The van der Waals surface area contributed by atoms with Crippen LogP contribution >= 0.6 is 0 Å². The molecule has 1 aliphatic heterocycles. The lowest BCUT2D eigenvalue weighted by atomic mass is 10.0. The molecular formula is C14H20N2O2. The van der Waals surface area contributed by atoms with Crippen molar-refractivity contribution >= 4 is 11.6 Å². The van der Waals surface area contributed by atoms with Crippen LogP contribution in [-0.4, -0.2) is 30.7 Å². The lowest BCUT2D eigenvalue weighted by Gasteiger charge is -2.27. The van der Waals surface area contributed by atoms with Gasteiger partial charge in [0, 0.05) is 17.8 Å². The van der Waals surface area contributed by atoms with Crippen LogP contribution in [0.3, 0.4) is 0 Å². The Balaban J connectivity index is 1.89. The molecule has 1 fully saturated rings. The first-order valence-corrected chi connectivity index (χ1v) is 6.30. The number of anilines is 1. The van der Waals surface area contributed by atoms with E-state index < -0.39 is 0 Å². The van der Waals surface area contributed by atoms with Gasteiger partial charge >= 0.3 is 0 Å². The molecule has 1 saturated heterocycles. The summed E-state index contributed by atoms with van der Waals surface area (Å²) in [5.74, 6) is -0.0191. The molecule has 2 N–H and O–H groups in total. The third-order valence-electron chi connectivity index (χ3n) is 3.22. The van der Waals surface area contributed by atoms with Crippen molar-refractivity contribution < 1.29 is 9.53 Å². The van der Waals surface area contributed by atoms with Gasteiger partial charge in [0.05, 0.1) is 12.6 Å². The summed E-state index contributed by atoms with van der Waals surface area (Å²) < 4.78 is 5.36. The van der Waals surface area contributed by atoms with Crippen LogP contribution in [0.2, 0.25) is 0 Å². The van der Waals surface area contributed by atoms with Crippen LogP contribution in [0.15, 0.2) is 30.3 Å². The monoisotopic (exact) mass is 248 g/mol. The highest BCUT2D eigenvalue weighted by Crippen LogP contribution is 2.18. The van der Waals surface area contributed by atoms with E-state index in [0.29, 0.717) is 6.61 Å².